The number of halogens is 1. The smallest absolute Gasteiger partial charge is 0.148 e. The second kappa shape index (κ2) is 8.64. The van der Waals surface area contributed by atoms with Gasteiger partial charge in [0.2, 0.25) is 0 Å². The highest BCUT2D eigenvalue weighted by Gasteiger charge is 2.03. The molecule has 1 radical (unpaired) electrons. The van der Waals surface area contributed by atoms with Crippen molar-refractivity contribution in [2.75, 3.05) is 0 Å². The van der Waals surface area contributed by atoms with Crippen molar-refractivity contribution in [3.63, 3.8) is 0 Å². The molecule has 0 aliphatic rings. The predicted octanol–water partition coefficient (Wildman–Crippen LogP) is 4.93. The largest absolute Gasteiger partial charge is 0.206 e. The first-order valence-corrected chi connectivity index (χ1v) is 9.27. The van der Waals surface area contributed by atoms with E-state index in [0.717, 1.165) is 11.1 Å². The molecule has 3 aromatic carbocycles. The summed E-state index contributed by atoms with van der Waals surface area (Å²) in [5.74, 6) is 11.7. The van der Waals surface area contributed by atoms with E-state index >= 15 is 0 Å². The van der Waals surface area contributed by atoms with Crippen LogP contribution in [0.1, 0.15) is 38.9 Å². The van der Waals surface area contributed by atoms with E-state index in [2.05, 4.69) is 56.9 Å². The zero-order chi connectivity index (χ0) is 20.1. The fraction of sp³-hybridized carbons (Fsp3) is 0.154. The lowest BCUT2D eigenvalue weighted by atomic mass is 9.68. The van der Waals surface area contributed by atoms with Crippen LogP contribution in [-0.2, 0) is 0 Å². The Labute approximate surface area is 168 Å². The summed E-state index contributed by atoms with van der Waals surface area (Å²) in [4.78, 5) is 0. The minimum Gasteiger partial charge on any atom is -0.206 e. The lowest BCUT2D eigenvalue weighted by Crippen LogP contribution is -2.18. The normalized spacial score (nSPS) is 9.75. The molecule has 3 rings (SSSR count). The van der Waals surface area contributed by atoms with Crippen molar-refractivity contribution in [3.05, 3.63) is 99.4 Å². The third-order valence-electron chi connectivity index (χ3n) is 4.60. The Morgan fingerprint density at radius 2 is 1.25 bits per heavy atom. The first kappa shape index (κ1) is 19.5. The number of aryl methyl sites for hydroxylation is 3. The van der Waals surface area contributed by atoms with Crippen molar-refractivity contribution < 1.29 is 4.39 Å². The van der Waals surface area contributed by atoms with E-state index in [9.17, 15) is 4.39 Å². The Morgan fingerprint density at radius 3 is 1.86 bits per heavy atom. The van der Waals surface area contributed by atoms with Crippen LogP contribution in [0.25, 0.3) is 0 Å². The standard InChI is InChI=1S/C26H21BF/c1-18-5-7-21(8-6-18)11-13-24-14-12-22(17-25(24)28)9-10-23-15-19(2)26(27-4)20(3)16-23/h5-8,12,14-17H,1-4H3. The molecule has 0 saturated heterocycles. The summed E-state index contributed by atoms with van der Waals surface area (Å²) in [5.41, 5.74) is 7.62. The molecule has 3 aromatic rings. The zero-order valence-electron chi connectivity index (χ0n) is 16.7. The number of benzene rings is 3. The third-order valence-corrected chi connectivity index (χ3v) is 4.60. The van der Waals surface area contributed by atoms with Crippen LogP contribution in [0.3, 0.4) is 0 Å². The molecule has 0 aromatic heterocycles. The highest BCUT2D eigenvalue weighted by atomic mass is 19.1. The van der Waals surface area contributed by atoms with Crippen molar-refractivity contribution in [3.8, 4) is 23.7 Å². The average molecular weight is 363 g/mol. The summed E-state index contributed by atoms with van der Waals surface area (Å²) in [6.07, 6.45) is 0. The van der Waals surface area contributed by atoms with Crippen LogP contribution >= 0.6 is 0 Å². The Bertz CT molecular complexity index is 1110. The van der Waals surface area contributed by atoms with Crippen LogP contribution in [-0.4, -0.2) is 7.28 Å². The van der Waals surface area contributed by atoms with Crippen LogP contribution in [0.4, 0.5) is 4.39 Å². The molecule has 0 unspecified atom stereocenters. The van der Waals surface area contributed by atoms with Crippen LogP contribution in [0, 0.1) is 50.3 Å². The van der Waals surface area contributed by atoms with Crippen LogP contribution < -0.4 is 5.46 Å². The molecule has 0 nitrogen and oxygen atoms in total. The van der Waals surface area contributed by atoms with E-state index in [0.29, 0.717) is 11.1 Å². The highest BCUT2D eigenvalue weighted by Crippen LogP contribution is 2.11. The van der Waals surface area contributed by atoms with Gasteiger partial charge in [0.25, 0.3) is 0 Å². The number of rotatable bonds is 1. The Hall–Kier alpha value is -3.23. The summed E-state index contributed by atoms with van der Waals surface area (Å²) in [6.45, 7) is 8.21. The highest BCUT2D eigenvalue weighted by molar-refractivity contribution is 6.53. The molecule has 0 heterocycles. The average Bonchev–Trinajstić information content (AvgIpc) is 2.67. The van der Waals surface area contributed by atoms with Crippen LogP contribution in [0.5, 0.6) is 0 Å². The van der Waals surface area contributed by atoms with E-state index in [1.54, 1.807) is 6.07 Å². The first-order chi connectivity index (χ1) is 13.5. The fourth-order valence-corrected chi connectivity index (χ4v) is 3.12. The SMILES string of the molecule is C[B]c1c(C)cc(C#Cc2ccc(C#Cc3ccc(C)cc3)c(F)c2)cc1C. The van der Waals surface area contributed by atoms with Gasteiger partial charge in [0, 0.05) is 16.7 Å². The van der Waals surface area contributed by atoms with Gasteiger partial charge in [-0.3, -0.25) is 0 Å². The minimum absolute atomic E-state index is 0.352. The van der Waals surface area contributed by atoms with Crippen LogP contribution in [0.2, 0.25) is 6.82 Å². The van der Waals surface area contributed by atoms with Crippen molar-refractivity contribution in [2.45, 2.75) is 27.6 Å². The molecule has 0 fully saturated rings. The molecule has 0 bridgehead atoms. The van der Waals surface area contributed by atoms with Gasteiger partial charge in [-0.1, -0.05) is 64.8 Å². The van der Waals surface area contributed by atoms with E-state index in [1.807, 2.05) is 44.1 Å². The molecule has 28 heavy (non-hydrogen) atoms. The molecule has 0 spiro atoms. The fourth-order valence-electron chi connectivity index (χ4n) is 3.12. The summed E-state index contributed by atoms with van der Waals surface area (Å²) in [5, 5.41) is 0. The first-order valence-electron chi connectivity index (χ1n) is 9.27. The minimum atomic E-state index is -0.352. The second-order valence-corrected chi connectivity index (χ2v) is 6.87. The number of hydrogen-bond acceptors (Lipinski definition) is 0. The van der Waals surface area contributed by atoms with Gasteiger partial charge < -0.3 is 0 Å². The molecular weight excluding hydrogens is 342 g/mol. The van der Waals surface area contributed by atoms with Crippen molar-refractivity contribution >= 4 is 12.7 Å². The van der Waals surface area contributed by atoms with Crippen molar-refractivity contribution in [1.82, 2.24) is 0 Å². The maximum absolute atomic E-state index is 14.4. The van der Waals surface area contributed by atoms with E-state index in [4.69, 9.17) is 0 Å². The predicted molar refractivity (Wildman–Crippen MR) is 117 cm³/mol. The summed E-state index contributed by atoms with van der Waals surface area (Å²) >= 11 is 0. The third kappa shape index (κ3) is 4.73. The maximum Gasteiger partial charge on any atom is 0.148 e. The molecule has 0 aliphatic carbocycles. The van der Waals surface area contributed by atoms with Gasteiger partial charge in [-0.15, -0.1) is 0 Å². The van der Waals surface area contributed by atoms with Gasteiger partial charge in [-0.2, -0.15) is 0 Å². The van der Waals surface area contributed by atoms with Gasteiger partial charge in [-0.05, 0) is 63.2 Å². The Kier molecular flexibility index (Phi) is 6.03. The molecular formula is C26H21BF. The van der Waals surface area contributed by atoms with Gasteiger partial charge in [0.15, 0.2) is 0 Å². The molecule has 0 saturated carbocycles. The van der Waals surface area contributed by atoms with E-state index in [-0.39, 0.29) is 5.82 Å². The molecule has 0 atom stereocenters. The lowest BCUT2D eigenvalue weighted by molar-refractivity contribution is 0.624. The van der Waals surface area contributed by atoms with E-state index < -0.39 is 0 Å². The van der Waals surface area contributed by atoms with Gasteiger partial charge in [0.05, 0.1) is 5.56 Å². The van der Waals surface area contributed by atoms with Crippen molar-refractivity contribution in [1.29, 1.82) is 0 Å². The second-order valence-electron chi connectivity index (χ2n) is 6.87. The monoisotopic (exact) mass is 363 g/mol. The van der Waals surface area contributed by atoms with E-state index in [1.165, 1.54) is 28.2 Å². The molecule has 0 N–H and O–H groups in total. The lowest BCUT2D eigenvalue weighted by Gasteiger charge is -2.07. The molecule has 0 aliphatic heterocycles. The Morgan fingerprint density at radius 1 is 0.679 bits per heavy atom. The summed E-state index contributed by atoms with van der Waals surface area (Å²) < 4.78 is 14.4. The van der Waals surface area contributed by atoms with Gasteiger partial charge in [0.1, 0.15) is 13.1 Å². The Balaban J connectivity index is 1.83. The molecule has 0 amide bonds. The number of hydrogen-bond donors (Lipinski definition) is 0. The quantitative estimate of drug-likeness (QED) is 0.425. The maximum atomic E-state index is 14.4. The van der Waals surface area contributed by atoms with Crippen molar-refractivity contribution in [2.24, 2.45) is 0 Å². The van der Waals surface area contributed by atoms with Gasteiger partial charge >= 0.3 is 0 Å². The summed E-state index contributed by atoms with van der Waals surface area (Å²) in [6, 6.07) is 16.9. The topological polar surface area (TPSA) is 0 Å². The van der Waals surface area contributed by atoms with Gasteiger partial charge in [-0.25, -0.2) is 4.39 Å². The molecule has 135 valence electrons. The summed E-state index contributed by atoms with van der Waals surface area (Å²) in [7, 11) is 2.10. The zero-order valence-corrected chi connectivity index (χ0v) is 16.7. The molecule has 2 heteroatoms. The van der Waals surface area contributed by atoms with Crippen LogP contribution in [0.15, 0.2) is 54.6 Å².